The van der Waals surface area contributed by atoms with Crippen molar-refractivity contribution in [3.8, 4) is 0 Å². The monoisotopic (exact) mass is 258 g/mol. The predicted molar refractivity (Wildman–Crippen MR) is 67.2 cm³/mol. The molecule has 1 heterocycles. The molecular weight excluding hydrogens is 240 g/mol. The third kappa shape index (κ3) is 5.10. The van der Waals surface area contributed by atoms with Crippen LogP contribution in [0.3, 0.4) is 0 Å². The lowest BCUT2D eigenvalue weighted by molar-refractivity contribution is 0.243. The van der Waals surface area contributed by atoms with E-state index in [0.29, 0.717) is 18.1 Å². The Bertz CT molecular complexity index is 356. The van der Waals surface area contributed by atoms with Gasteiger partial charge in [0.1, 0.15) is 5.01 Å². The maximum atomic E-state index is 11.5. The van der Waals surface area contributed by atoms with Crippen molar-refractivity contribution in [1.29, 1.82) is 0 Å². The van der Waals surface area contributed by atoms with E-state index >= 15 is 0 Å². The van der Waals surface area contributed by atoms with Gasteiger partial charge in [0.05, 0.1) is 0 Å². The Balaban J connectivity index is 2.29. The van der Waals surface area contributed by atoms with Crippen molar-refractivity contribution in [2.45, 2.75) is 26.7 Å². The predicted octanol–water partition coefficient (Wildman–Crippen LogP) is 1.24. The molecular formula is C10H18N4O2S. The van der Waals surface area contributed by atoms with Crippen LogP contribution in [0.2, 0.25) is 0 Å². The number of aromatic nitrogens is 2. The van der Waals surface area contributed by atoms with E-state index in [1.165, 1.54) is 11.3 Å². The molecule has 1 aromatic heterocycles. The van der Waals surface area contributed by atoms with E-state index in [-0.39, 0.29) is 18.6 Å². The van der Waals surface area contributed by atoms with Gasteiger partial charge in [0.25, 0.3) is 0 Å². The second-order valence-corrected chi connectivity index (χ2v) is 4.87. The molecule has 1 rings (SSSR count). The van der Waals surface area contributed by atoms with Crippen LogP contribution in [0.25, 0.3) is 0 Å². The molecule has 0 aliphatic rings. The number of hydrogen-bond donors (Lipinski definition) is 3. The second-order valence-electron chi connectivity index (χ2n) is 3.81. The van der Waals surface area contributed by atoms with E-state index in [0.717, 1.165) is 11.4 Å². The summed E-state index contributed by atoms with van der Waals surface area (Å²) >= 11 is 1.37. The standard InChI is InChI=1S/C10H18N4O2S/c1-3-8-13-14-10(17-8)12-9(16)11-6-7(2)4-5-15/h7,15H,3-6H2,1-2H3,(H2,11,12,14,16). The number of anilines is 1. The lowest BCUT2D eigenvalue weighted by atomic mass is 10.1. The Labute approximate surface area is 104 Å². The number of aryl methyl sites for hydroxylation is 1. The molecule has 17 heavy (non-hydrogen) atoms. The van der Waals surface area contributed by atoms with Gasteiger partial charge in [-0.1, -0.05) is 25.2 Å². The molecule has 3 N–H and O–H groups in total. The first-order valence-electron chi connectivity index (χ1n) is 5.63. The van der Waals surface area contributed by atoms with Crippen LogP contribution in [-0.4, -0.2) is 34.5 Å². The first-order valence-corrected chi connectivity index (χ1v) is 6.45. The first-order chi connectivity index (χ1) is 8.15. The number of urea groups is 1. The van der Waals surface area contributed by atoms with Crippen molar-refractivity contribution in [3.63, 3.8) is 0 Å². The molecule has 0 saturated carbocycles. The third-order valence-electron chi connectivity index (χ3n) is 2.22. The molecule has 1 unspecified atom stereocenters. The minimum absolute atomic E-state index is 0.140. The Morgan fingerprint density at radius 2 is 2.29 bits per heavy atom. The zero-order chi connectivity index (χ0) is 12.7. The van der Waals surface area contributed by atoms with Crippen LogP contribution < -0.4 is 10.6 Å². The summed E-state index contributed by atoms with van der Waals surface area (Å²) in [5.74, 6) is 0.256. The second kappa shape index (κ2) is 7.18. The zero-order valence-electron chi connectivity index (χ0n) is 10.1. The largest absolute Gasteiger partial charge is 0.396 e. The van der Waals surface area contributed by atoms with E-state index in [1.54, 1.807) is 0 Å². The summed E-state index contributed by atoms with van der Waals surface area (Å²) in [4.78, 5) is 11.5. The van der Waals surface area contributed by atoms with Crippen LogP contribution in [0.1, 0.15) is 25.3 Å². The molecule has 7 heteroatoms. The van der Waals surface area contributed by atoms with Gasteiger partial charge in [-0.05, 0) is 18.8 Å². The van der Waals surface area contributed by atoms with Crippen LogP contribution >= 0.6 is 11.3 Å². The van der Waals surface area contributed by atoms with Crippen molar-refractivity contribution in [1.82, 2.24) is 15.5 Å². The number of rotatable bonds is 6. The maximum Gasteiger partial charge on any atom is 0.321 e. The summed E-state index contributed by atoms with van der Waals surface area (Å²) in [6.07, 6.45) is 1.49. The van der Waals surface area contributed by atoms with Gasteiger partial charge in [0.2, 0.25) is 5.13 Å². The number of aliphatic hydroxyl groups is 1. The highest BCUT2D eigenvalue weighted by atomic mass is 32.1. The minimum Gasteiger partial charge on any atom is -0.396 e. The van der Waals surface area contributed by atoms with E-state index in [4.69, 9.17) is 5.11 Å². The Morgan fingerprint density at radius 1 is 1.53 bits per heavy atom. The molecule has 0 radical (unpaired) electrons. The molecule has 6 nitrogen and oxygen atoms in total. The van der Waals surface area contributed by atoms with Gasteiger partial charge in [-0.15, -0.1) is 10.2 Å². The van der Waals surface area contributed by atoms with E-state index in [1.807, 2.05) is 13.8 Å². The highest BCUT2D eigenvalue weighted by Gasteiger charge is 2.08. The molecule has 0 aliphatic heterocycles. The van der Waals surface area contributed by atoms with E-state index < -0.39 is 0 Å². The summed E-state index contributed by atoms with van der Waals surface area (Å²) in [7, 11) is 0. The number of nitrogens with zero attached hydrogens (tertiary/aromatic N) is 2. The molecule has 96 valence electrons. The molecule has 1 aromatic rings. The van der Waals surface area contributed by atoms with Crippen LogP contribution in [0, 0.1) is 5.92 Å². The average Bonchev–Trinajstić information content (AvgIpc) is 2.74. The first kappa shape index (κ1) is 13.9. The quantitative estimate of drug-likeness (QED) is 0.716. The van der Waals surface area contributed by atoms with Gasteiger partial charge < -0.3 is 10.4 Å². The number of hydrogen-bond acceptors (Lipinski definition) is 5. The van der Waals surface area contributed by atoms with Crippen molar-refractivity contribution in [3.05, 3.63) is 5.01 Å². The molecule has 0 bridgehead atoms. The fourth-order valence-corrected chi connectivity index (χ4v) is 1.85. The van der Waals surface area contributed by atoms with Crippen molar-refractivity contribution in [2.75, 3.05) is 18.5 Å². The van der Waals surface area contributed by atoms with Crippen LogP contribution in [0.4, 0.5) is 9.93 Å². The summed E-state index contributed by atoms with van der Waals surface area (Å²) < 4.78 is 0. The fraction of sp³-hybridized carbons (Fsp3) is 0.700. The molecule has 0 aromatic carbocycles. The fourth-order valence-electron chi connectivity index (χ4n) is 1.18. The van der Waals surface area contributed by atoms with Gasteiger partial charge in [-0.3, -0.25) is 5.32 Å². The SMILES string of the molecule is CCc1nnc(NC(=O)NCC(C)CCO)s1. The topological polar surface area (TPSA) is 87.1 Å². The highest BCUT2D eigenvalue weighted by Crippen LogP contribution is 2.14. The zero-order valence-corrected chi connectivity index (χ0v) is 10.9. The Kier molecular flexibility index (Phi) is 5.85. The maximum absolute atomic E-state index is 11.5. The molecule has 2 amide bonds. The molecule has 0 spiro atoms. The van der Waals surface area contributed by atoms with Crippen molar-refractivity contribution >= 4 is 22.5 Å². The number of carbonyl (C=O) groups is 1. The number of nitrogens with one attached hydrogen (secondary N) is 2. The molecule has 0 aliphatic carbocycles. The van der Waals surface area contributed by atoms with Crippen molar-refractivity contribution < 1.29 is 9.90 Å². The lowest BCUT2D eigenvalue weighted by Gasteiger charge is -2.10. The van der Waals surface area contributed by atoms with Crippen molar-refractivity contribution in [2.24, 2.45) is 5.92 Å². The molecule has 0 fully saturated rings. The van der Waals surface area contributed by atoms with Gasteiger partial charge >= 0.3 is 6.03 Å². The Hall–Kier alpha value is -1.21. The van der Waals surface area contributed by atoms with Crippen LogP contribution in [0.15, 0.2) is 0 Å². The lowest BCUT2D eigenvalue weighted by Crippen LogP contribution is -2.32. The smallest absolute Gasteiger partial charge is 0.321 e. The highest BCUT2D eigenvalue weighted by molar-refractivity contribution is 7.15. The summed E-state index contributed by atoms with van der Waals surface area (Å²) in [5, 5.41) is 23.2. The van der Waals surface area contributed by atoms with Gasteiger partial charge in [0, 0.05) is 13.2 Å². The molecule has 1 atom stereocenters. The van der Waals surface area contributed by atoms with Gasteiger partial charge in [-0.2, -0.15) is 0 Å². The Morgan fingerprint density at radius 3 is 2.88 bits per heavy atom. The summed E-state index contributed by atoms with van der Waals surface area (Å²) in [5.41, 5.74) is 0. The molecule has 0 saturated heterocycles. The average molecular weight is 258 g/mol. The van der Waals surface area contributed by atoms with E-state index in [9.17, 15) is 4.79 Å². The van der Waals surface area contributed by atoms with Crippen LogP contribution in [-0.2, 0) is 6.42 Å². The van der Waals surface area contributed by atoms with Crippen LogP contribution in [0.5, 0.6) is 0 Å². The van der Waals surface area contributed by atoms with Gasteiger partial charge in [-0.25, -0.2) is 4.79 Å². The number of aliphatic hydroxyl groups excluding tert-OH is 1. The van der Waals surface area contributed by atoms with E-state index in [2.05, 4.69) is 20.8 Å². The third-order valence-corrected chi connectivity index (χ3v) is 3.21. The minimum atomic E-state index is -0.284. The summed E-state index contributed by atoms with van der Waals surface area (Å²) in [6.45, 7) is 4.63. The summed E-state index contributed by atoms with van der Waals surface area (Å²) in [6, 6.07) is -0.284. The normalized spacial score (nSPS) is 12.2. The number of carbonyl (C=O) groups excluding carboxylic acids is 1. The van der Waals surface area contributed by atoms with Gasteiger partial charge in [0.15, 0.2) is 0 Å². The number of amides is 2.